The lowest BCUT2D eigenvalue weighted by atomic mass is 10.1. The van der Waals surface area contributed by atoms with Crippen molar-refractivity contribution in [3.8, 4) is 0 Å². The van der Waals surface area contributed by atoms with Gasteiger partial charge >= 0.3 is 5.97 Å². The lowest BCUT2D eigenvalue weighted by molar-refractivity contribution is -0.120. The van der Waals surface area contributed by atoms with Crippen LogP contribution in [0.2, 0.25) is 0 Å². The Morgan fingerprint density at radius 3 is 2.39 bits per heavy atom. The maximum atomic E-state index is 11.8. The van der Waals surface area contributed by atoms with Gasteiger partial charge in [0.2, 0.25) is 5.91 Å². The van der Waals surface area contributed by atoms with Gasteiger partial charge in [-0.2, -0.15) is 0 Å². The third-order valence-electron chi connectivity index (χ3n) is 3.06. The molecule has 0 radical (unpaired) electrons. The quantitative estimate of drug-likeness (QED) is 0.589. The van der Waals surface area contributed by atoms with Crippen LogP contribution in [-0.2, 0) is 19.2 Å². The fourth-order valence-corrected chi connectivity index (χ4v) is 2.00. The molecule has 23 heavy (non-hydrogen) atoms. The maximum Gasteiger partial charge on any atom is 0.335 e. The predicted octanol–water partition coefficient (Wildman–Crippen LogP) is 0.732. The molecule has 0 unspecified atom stereocenters. The van der Waals surface area contributed by atoms with Crippen LogP contribution in [0.5, 0.6) is 0 Å². The van der Waals surface area contributed by atoms with E-state index in [9.17, 15) is 24.0 Å². The van der Waals surface area contributed by atoms with Gasteiger partial charge in [0.1, 0.15) is 6.29 Å². The molecule has 0 spiro atoms. The Balaban J connectivity index is 2.39. The number of carbonyl (C=O) groups is 5. The van der Waals surface area contributed by atoms with E-state index in [1.165, 1.54) is 12.1 Å². The van der Waals surface area contributed by atoms with Gasteiger partial charge in [0.25, 0.3) is 11.8 Å². The molecule has 2 rings (SSSR count). The van der Waals surface area contributed by atoms with Crippen molar-refractivity contribution in [2.45, 2.75) is 12.8 Å². The molecule has 0 fully saturated rings. The van der Waals surface area contributed by atoms with Crippen LogP contribution in [-0.4, -0.2) is 35.1 Å². The molecule has 0 saturated carbocycles. The molecule has 0 aromatic heterocycles. The normalized spacial score (nSPS) is 13.3. The van der Waals surface area contributed by atoms with Gasteiger partial charge < -0.3 is 15.2 Å². The van der Waals surface area contributed by atoms with E-state index in [1.807, 2.05) is 0 Å². The number of rotatable bonds is 6. The molecule has 1 aliphatic rings. The van der Waals surface area contributed by atoms with E-state index in [4.69, 9.17) is 5.11 Å². The van der Waals surface area contributed by atoms with Crippen molar-refractivity contribution in [1.82, 2.24) is 0 Å². The summed E-state index contributed by atoms with van der Waals surface area (Å²) in [6.45, 7) is 0. The zero-order chi connectivity index (χ0) is 17.0. The van der Waals surface area contributed by atoms with Crippen molar-refractivity contribution in [3.63, 3.8) is 0 Å². The van der Waals surface area contributed by atoms with Gasteiger partial charge in [-0.3, -0.25) is 14.4 Å². The van der Waals surface area contributed by atoms with E-state index in [0.29, 0.717) is 6.29 Å². The molecule has 1 heterocycles. The number of nitrogens with zero attached hydrogens (tertiary/aromatic N) is 1. The second-order valence-electron chi connectivity index (χ2n) is 4.64. The van der Waals surface area contributed by atoms with E-state index in [-0.39, 0.29) is 29.8 Å². The van der Waals surface area contributed by atoms with Gasteiger partial charge in [-0.25, -0.2) is 9.69 Å². The lowest BCUT2D eigenvalue weighted by Gasteiger charge is -2.19. The number of benzene rings is 1. The van der Waals surface area contributed by atoms with Crippen LogP contribution in [0.4, 0.5) is 11.4 Å². The van der Waals surface area contributed by atoms with E-state index >= 15 is 0 Å². The third kappa shape index (κ3) is 3.49. The number of carboxylic acids is 1. The predicted molar refractivity (Wildman–Crippen MR) is 79.0 cm³/mol. The SMILES string of the molecule is O=CCCC(=O)Nc1ccc(C(=O)O)cc1N1C(=O)C=CC1=O. The molecular weight excluding hydrogens is 304 g/mol. The minimum atomic E-state index is -1.24. The summed E-state index contributed by atoms with van der Waals surface area (Å²) < 4.78 is 0. The van der Waals surface area contributed by atoms with Crippen LogP contribution in [0, 0.1) is 0 Å². The highest BCUT2D eigenvalue weighted by atomic mass is 16.4. The maximum absolute atomic E-state index is 11.8. The molecule has 1 aromatic carbocycles. The molecule has 0 bridgehead atoms. The highest BCUT2D eigenvalue weighted by Gasteiger charge is 2.28. The van der Waals surface area contributed by atoms with Crippen LogP contribution in [0.1, 0.15) is 23.2 Å². The van der Waals surface area contributed by atoms with E-state index in [1.54, 1.807) is 0 Å². The molecule has 3 amide bonds. The lowest BCUT2D eigenvalue weighted by Crippen LogP contribution is -2.31. The van der Waals surface area contributed by atoms with E-state index in [2.05, 4.69) is 5.32 Å². The minimum Gasteiger partial charge on any atom is -0.478 e. The first-order valence-electron chi connectivity index (χ1n) is 6.61. The fraction of sp³-hybridized carbons (Fsp3) is 0.133. The molecular formula is C15H12N2O6. The summed E-state index contributed by atoms with van der Waals surface area (Å²) in [7, 11) is 0. The van der Waals surface area contributed by atoms with Gasteiger partial charge in [-0.05, 0) is 18.2 Å². The van der Waals surface area contributed by atoms with Crippen molar-refractivity contribution in [3.05, 3.63) is 35.9 Å². The van der Waals surface area contributed by atoms with Gasteiger partial charge in [0.15, 0.2) is 0 Å². The van der Waals surface area contributed by atoms with Crippen LogP contribution in [0.25, 0.3) is 0 Å². The first kappa shape index (κ1) is 16.1. The molecule has 2 N–H and O–H groups in total. The molecule has 0 atom stereocenters. The number of amides is 3. The largest absolute Gasteiger partial charge is 0.478 e. The summed E-state index contributed by atoms with van der Waals surface area (Å²) in [6, 6.07) is 3.65. The summed E-state index contributed by atoms with van der Waals surface area (Å²) >= 11 is 0. The Kier molecular flexibility index (Phi) is 4.65. The van der Waals surface area contributed by atoms with Crippen LogP contribution in [0.15, 0.2) is 30.4 Å². The number of aromatic carboxylic acids is 1. The fourth-order valence-electron chi connectivity index (χ4n) is 2.00. The molecule has 118 valence electrons. The number of imide groups is 1. The zero-order valence-electron chi connectivity index (χ0n) is 11.8. The second kappa shape index (κ2) is 6.65. The molecule has 0 saturated heterocycles. The van der Waals surface area contributed by atoms with Crippen molar-refractivity contribution >= 4 is 41.4 Å². The number of carboxylic acid groups (broad SMARTS) is 1. The first-order chi connectivity index (χ1) is 10.9. The topological polar surface area (TPSA) is 121 Å². The number of anilines is 2. The Morgan fingerprint density at radius 1 is 1.17 bits per heavy atom. The minimum absolute atomic E-state index is 0.0253. The van der Waals surface area contributed by atoms with Crippen molar-refractivity contribution in [1.29, 1.82) is 0 Å². The van der Waals surface area contributed by atoms with E-state index < -0.39 is 23.7 Å². The number of aldehydes is 1. The van der Waals surface area contributed by atoms with Crippen LogP contribution in [0.3, 0.4) is 0 Å². The standard InChI is InChI=1S/C15H12N2O6/c18-7-1-2-12(19)16-10-4-3-9(15(22)23)8-11(10)17-13(20)5-6-14(17)21/h3-8H,1-2H2,(H,16,19)(H,22,23). The van der Waals surface area contributed by atoms with Crippen molar-refractivity contribution < 1.29 is 29.1 Å². The molecule has 0 aliphatic carbocycles. The Hall–Kier alpha value is -3.29. The highest BCUT2D eigenvalue weighted by Crippen LogP contribution is 2.30. The van der Waals surface area contributed by atoms with Gasteiger partial charge in [-0.1, -0.05) is 0 Å². The van der Waals surface area contributed by atoms with Gasteiger partial charge in [0, 0.05) is 25.0 Å². The second-order valence-corrected chi connectivity index (χ2v) is 4.64. The number of hydrogen-bond acceptors (Lipinski definition) is 5. The van der Waals surface area contributed by atoms with Gasteiger partial charge in [0.05, 0.1) is 16.9 Å². The number of hydrogen-bond donors (Lipinski definition) is 2. The Labute approximate surface area is 130 Å². The van der Waals surface area contributed by atoms with Crippen molar-refractivity contribution in [2.24, 2.45) is 0 Å². The highest BCUT2D eigenvalue weighted by molar-refractivity contribution is 6.29. The van der Waals surface area contributed by atoms with E-state index in [0.717, 1.165) is 23.1 Å². The van der Waals surface area contributed by atoms with Gasteiger partial charge in [-0.15, -0.1) is 0 Å². The van der Waals surface area contributed by atoms with Crippen LogP contribution >= 0.6 is 0 Å². The average Bonchev–Trinajstić information content (AvgIpc) is 2.84. The number of carbonyl (C=O) groups excluding carboxylic acids is 4. The average molecular weight is 316 g/mol. The molecule has 8 nitrogen and oxygen atoms in total. The zero-order valence-corrected chi connectivity index (χ0v) is 11.8. The summed E-state index contributed by atoms with van der Waals surface area (Å²) in [5, 5.41) is 11.5. The Morgan fingerprint density at radius 2 is 1.83 bits per heavy atom. The van der Waals surface area contributed by atoms with Crippen LogP contribution < -0.4 is 10.2 Å². The molecule has 8 heteroatoms. The monoisotopic (exact) mass is 316 g/mol. The molecule has 1 aliphatic heterocycles. The summed E-state index contributed by atoms with van der Waals surface area (Å²) in [5.74, 6) is -3.01. The summed E-state index contributed by atoms with van der Waals surface area (Å²) in [4.78, 5) is 57.4. The smallest absolute Gasteiger partial charge is 0.335 e. The number of nitrogens with one attached hydrogen (secondary N) is 1. The third-order valence-corrected chi connectivity index (χ3v) is 3.06. The summed E-state index contributed by atoms with van der Waals surface area (Å²) in [6.07, 6.45) is 2.65. The van der Waals surface area contributed by atoms with Crippen molar-refractivity contribution in [2.75, 3.05) is 10.2 Å². The summed E-state index contributed by atoms with van der Waals surface area (Å²) in [5.41, 5.74) is -0.0703. The Bertz CT molecular complexity index is 719. The first-order valence-corrected chi connectivity index (χ1v) is 6.61. The molecule has 1 aromatic rings.